The van der Waals surface area contributed by atoms with E-state index < -0.39 is 0 Å². The second-order valence-corrected chi connectivity index (χ2v) is 9.71. The van der Waals surface area contributed by atoms with Gasteiger partial charge in [-0.3, -0.25) is 9.36 Å². The van der Waals surface area contributed by atoms with Crippen LogP contribution in [-0.4, -0.2) is 32.6 Å². The standard InChI is InChI=1S/C31H27N5O2S/c1-23-12-16-26(17-13-23)30-34-35-31(36(30)27-10-6-3-7-11-27)39-22-29(37)33-32-20-24-14-18-28(19-15-24)38-21-25-8-4-2-5-9-25/h2-20H,21-22H2,1H3,(H,33,37). The lowest BCUT2D eigenvalue weighted by Crippen LogP contribution is -2.20. The maximum absolute atomic E-state index is 12.5. The van der Waals surface area contributed by atoms with Crippen molar-refractivity contribution in [3.05, 3.63) is 126 Å². The minimum atomic E-state index is -0.237. The Morgan fingerprint density at radius 1 is 0.897 bits per heavy atom. The van der Waals surface area contributed by atoms with E-state index in [1.54, 1.807) is 6.21 Å². The van der Waals surface area contributed by atoms with E-state index in [0.29, 0.717) is 11.8 Å². The van der Waals surface area contributed by atoms with Gasteiger partial charge in [-0.2, -0.15) is 5.10 Å². The fourth-order valence-corrected chi connectivity index (χ4v) is 4.54. The average molecular weight is 534 g/mol. The zero-order chi connectivity index (χ0) is 26.9. The number of benzene rings is 4. The van der Waals surface area contributed by atoms with Crippen LogP contribution in [0.15, 0.2) is 119 Å². The van der Waals surface area contributed by atoms with E-state index in [4.69, 9.17) is 4.74 Å². The van der Waals surface area contributed by atoms with E-state index in [1.165, 1.54) is 17.3 Å². The van der Waals surface area contributed by atoms with E-state index in [1.807, 2.05) is 121 Å². The summed E-state index contributed by atoms with van der Waals surface area (Å²) in [5, 5.41) is 13.5. The molecule has 1 aromatic heterocycles. The normalized spacial score (nSPS) is 11.0. The molecule has 0 saturated carbocycles. The summed E-state index contributed by atoms with van der Waals surface area (Å²) in [6.45, 7) is 2.55. The van der Waals surface area contributed by atoms with Crippen LogP contribution in [0.3, 0.4) is 0 Å². The van der Waals surface area contributed by atoms with Gasteiger partial charge in [0.25, 0.3) is 5.91 Å². The molecule has 4 aromatic carbocycles. The number of rotatable bonds is 10. The first-order chi connectivity index (χ1) is 19.2. The smallest absolute Gasteiger partial charge is 0.250 e. The quantitative estimate of drug-likeness (QED) is 0.134. The number of nitrogens with zero attached hydrogens (tertiary/aromatic N) is 4. The highest BCUT2D eigenvalue weighted by Crippen LogP contribution is 2.28. The molecular formula is C31H27N5O2S. The van der Waals surface area contributed by atoms with Crippen LogP contribution in [0, 0.1) is 6.92 Å². The van der Waals surface area contributed by atoms with E-state index in [2.05, 4.69) is 20.7 Å². The molecule has 1 N–H and O–H groups in total. The van der Waals surface area contributed by atoms with Gasteiger partial charge < -0.3 is 4.74 Å². The molecule has 5 rings (SSSR count). The summed E-state index contributed by atoms with van der Waals surface area (Å²) in [5.74, 6) is 1.39. The molecule has 0 unspecified atom stereocenters. The van der Waals surface area contributed by atoms with Crippen LogP contribution < -0.4 is 10.2 Å². The van der Waals surface area contributed by atoms with Crippen LogP contribution >= 0.6 is 11.8 Å². The molecule has 1 heterocycles. The molecule has 39 heavy (non-hydrogen) atoms. The van der Waals surface area contributed by atoms with Crippen LogP contribution in [-0.2, 0) is 11.4 Å². The molecule has 5 aromatic rings. The summed E-state index contributed by atoms with van der Waals surface area (Å²) in [5.41, 5.74) is 7.59. The first kappa shape index (κ1) is 25.9. The Balaban J connectivity index is 1.18. The van der Waals surface area contributed by atoms with Crippen molar-refractivity contribution in [2.75, 3.05) is 5.75 Å². The third-order valence-electron chi connectivity index (χ3n) is 5.82. The Morgan fingerprint density at radius 2 is 1.59 bits per heavy atom. The van der Waals surface area contributed by atoms with Gasteiger partial charge in [0, 0.05) is 11.3 Å². The molecule has 0 aliphatic rings. The summed E-state index contributed by atoms with van der Waals surface area (Å²) in [4.78, 5) is 12.5. The van der Waals surface area contributed by atoms with E-state index in [9.17, 15) is 4.79 Å². The summed E-state index contributed by atoms with van der Waals surface area (Å²) in [6.07, 6.45) is 1.60. The fourth-order valence-electron chi connectivity index (χ4n) is 3.80. The number of hydrazone groups is 1. The first-order valence-electron chi connectivity index (χ1n) is 12.4. The molecule has 8 heteroatoms. The molecule has 0 bridgehead atoms. The van der Waals surface area contributed by atoms with Crippen molar-refractivity contribution < 1.29 is 9.53 Å². The Bertz CT molecular complexity index is 1530. The minimum Gasteiger partial charge on any atom is -0.489 e. The number of ether oxygens (including phenoxy) is 1. The number of thioether (sulfide) groups is 1. The zero-order valence-corrected chi connectivity index (χ0v) is 22.2. The number of carbonyl (C=O) groups excluding carboxylic acids is 1. The molecule has 0 aliphatic heterocycles. The summed E-state index contributed by atoms with van der Waals surface area (Å²) >= 11 is 1.31. The van der Waals surface area contributed by atoms with Crippen LogP contribution in [0.1, 0.15) is 16.7 Å². The zero-order valence-electron chi connectivity index (χ0n) is 21.4. The summed E-state index contributed by atoms with van der Waals surface area (Å²) in [6, 6.07) is 35.6. The molecular weight excluding hydrogens is 506 g/mol. The monoisotopic (exact) mass is 533 g/mol. The molecule has 0 aliphatic carbocycles. The number of hydrogen-bond acceptors (Lipinski definition) is 6. The van der Waals surface area contributed by atoms with Gasteiger partial charge in [-0.1, -0.05) is 90.1 Å². The van der Waals surface area contributed by atoms with Gasteiger partial charge in [0.1, 0.15) is 12.4 Å². The Hall–Kier alpha value is -4.69. The number of hydrogen-bond donors (Lipinski definition) is 1. The highest BCUT2D eigenvalue weighted by atomic mass is 32.2. The lowest BCUT2D eigenvalue weighted by molar-refractivity contribution is -0.118. The number of aromatic nitrogens is 3. The maximum Gasteiger partial charge on any atom is 0.250 e. The van der Waals surface area contributed by atoms with Crippen LogP contribution in [0.25, 0.3) is 17.1 Å². The van der Waals surface area contributed by atoms with Gasteiger partial charge in [0.2, 0.25) is 0 Å². The van der Waals surface area contributed by atoms with E-state index in [-0.39, 0.29) is 11.7 Å². The summed E-state index contributed by atoms with van der Waals surface area (Å²) < 4.78 is 7.78. The molecule has 194 valence electrons. The van der Waals surface area contributed by atoms with Crippen molar-refractivity contribution in [1.29, 1.82) is 0 Å². The average Bonchev–Trinajstić information content (AvgIpc) is 3.41. The first-order valence-corrected chi connectivity index (χ1v) is 13.4. The maximum atomic E-state index is 12.5. The van der Waals surface area contributed by atoms with Crippen LogP contribution in [0.2, 0.25) is 0 Å². The predicted octanol–water partition coefficient (Wildman–Crippen LogP) is 6.06. The highest BCUT2D eigenvalue weighted by molar-refractivity contribution is 7.99. The van der Waals surface area contributed by atoms with E-state index >= 15 is 0 Å². The number of carbonyl (C=O) groups is 1. The van der Waals surface area contributed by atoms with Gasteiger partial charge in [-0.05, 0) is 54.4 Å². The number of para-hydroxylation sites is 1. The molecule has 0 spiro atoms. The molecule has 7 nitrogen and oxygen atoms in total. The van der Waals surface area contributed by atoms with E-state index in [0.717, 1.165) is 34.0 Å². The largest absolute Gasteiger partial charge is 0.489 e. The van der Waals surface area contributed by atoms with Crippen molar-refractivity contribution in [3.63, 3.8) is 0 Å². The van der Waals surface area contributed by atoms with Gasteiger partial charge in [0.05, 0.1) is 12.0 Å². The van der Waals surface area contributed by atoms with Gasteiger partial charge in [-0.25, -0.2) is 5.43 Å². The highest BCUT2D eigenvalue weighted by Gasteiger charge is 2.17. The van der Waals surface area contributed by atoms with Crippen molar-refractivity contribution >= 4 is 23.9 Å². The third kappa shape index (κ3) is 7.00. The number of nitrogens with one attached hydrogen (secondary N) is 1. The lowest BCUT2D eigenvalue weighted by Gasteiger charge is -2.10. The van der Waals surface area contributed by atoms with Crippen LogP contribution in [0.4, 0.5) is 0 Å². The minimum absolute atomic E-state index is 0.141. The van der Waals surface area contributed by atoms with Crippen molar-refractivity contribution in [3.8, 4) is 22.8 Å². The van der Waals surface area contributed by atoms with Gasteiger partial charge >= 0.3 is 0 Å². The van der Waals surface area contributed by atoms with Crippen molar-refractivity contribution in [2.24, 2.45) is 5.10 Å². The predicted molar refractivity (Wildman–Crippen MR) is 155 cm³/mol. The second-order valence-electron chi connectivity index (χ2n) is 8.77. The number of aryl methyl sites for hydroxylation is 1. The summed E-state index contributed by atoms with van der Waals surface area (Å²) in [7, 11) is 0. The molecule has 0 saturated heterocycles. The van der Waals surface area contributed by atoms with Crippen LogP contribution in [0.5, 0.6) is 5.75 Å². The second kappa shape index (κ2) is 12.7. The fraction of sp³-hybridized carbons (Fsp3) is 0.0968. The number of amides is 1. The third-order valence-corrected chi connectivity index (χ3v) is 6.75. The molecule has 0 atom stereocenters. The van der Waals surface area contributed by atoms with Crippen molar-refractivity contribution in [1.82, 2.24) is 20.2 Å². The lowest BCUT2D eigenvalue weighted by atomic mass is 10.1. The van der Waals surface area contributed by atoms with Gasteiger partial charge in [-0.15, -0.1) is 10.2 Å². The Kier molecular flexibility index (Phi) is 8.45. The molecule has 0 radical (unpaired) electrons. The van der Waals surface area contributed by atoms with Gasteiger partial charge in [0.15, 0.2) is 11.0 Å². The Morgan fingerprint density at radius 3 is 2.31 bits per heavy atom. The topological polar surface area (TPSA) is 81.4 Å². The Labute approximate surface area is 231 Å². The molecule has 0 fully saturated rings. The SMILES string of the molecule is Cc1ccc(-c2nnc(SCC(=O)NN=Cc3ccc(OCc4ccccc4)cc3)n2-c2ccccc2)cc1. The van der Waals surface area contributed by atoms with Crippen molar-refractivity contribution in [2.45, 2.75) is 18.7 Å². The molecule has 1 amide bonds.